The summed E-state index contributed by atoms with van der Waals surface area (Å²) in [6.07, 6.45) is 0.975. The number of fused-ring (bicyclic) bond motifs is 1. The molecule has 0 radical (unpaired) electrons. The van der Waals surface area contributed by atoms with Gasteiger partial charge in [0.1, 0.15) is 0 Å². The van der Waals surface area contributed by atoms with Gasteiger partial charge in [-0.05, 0) is 36.6 Å². The maximum absolute atomic E-state index is 12.1. The van der Waals surface area contributed by atoms with Gasteiger partial charge < -0.3 is 5.32 Å². The molecular weight excluding hydrogens is 316 g/mol. The molecule has 1 N–H and O–H groups in total. The summed E-state index contributed by atoms with van der Waals surface area (Å²) < 4.78 is 2.83. The van der Waals surface area contributed by atoms with Gasteiger partial charge in [0, 0.05) is 5.69 Å². The number of halogens is 1. The highest BCUT2D eigenvalue weighted by molar-refractivity contribution is 7.16. The van der Waals surface area contributed by atoms with E-state index in [2.05, 4.69) is 37.4 Å². The average molecular weight is 335 g/mol. The highest BCUT2D eigenvalue weighted by Crippen LogP contribution is 2.22. The van der Waals surface area contributed by atoms with Crippen LogP contribution >= 0.6 is 23.7 Å². The Morgan fingerprint density at radius 1 is 1.14 bits per heavy atom. The van der Waals surface area contributed by atoms with Gasteiger partial charge in [0.25, 0.3) is 0 Å². The normalized spacial score (nSPS) is 10.5. The molecule has 0 saturated heterocycles. The summed E-state index contributed by atoms with van der Waals surface area (Å²) in [7, 11) is 0. The van der Waals surface area contributed by atoms with Gasteiger partial charge in [-0.25, -0.2) is 0 Å². The molecule has 0 saturated carbocycles. The highest BCUT2D eigenvalue weighted by Gasteiger charge is 2.08. The predicted molar refractivity (Wildman–Crippen MR) is 97.5 cm³/mol. The van der Waals surface area contributed by atoms with E-state index in [0.717, 1.165) is 22.3 Å². The number of aryl methyl sites for hydroxylation is 2. The van der Waals surface area contributed by atoms with Crippen molar-refractivity contribution in [3.05, 3.63) is 63.3 Å². The minimum absolute atomic E-state index is 0. The molecule has 3 rings (SSSR count). The smallest absolute Gasteiger partial charge is 0.309 e. The van der Waals surface area contributed by atoms with E-state index >= 15 is 0 Å². The monoisotopic (exact) mass is 334 g/mol. The Bertz CT molecular complexity index is 838. The van der Waals surface area contributed by atoms with E-state index in [1.807, 2.05) is 24.3 Å². The zero-order chi connectivity index (χ0) is 14.8. The van der Waals surface area contributed by atoms with E-state index in [0.29, 0.717) is 6.67 Å². The Labute approximate surface area is 140 Å². The van der Waals surface area contributed by atoms with Crippen molar-refractivity contribution in [2.24, 2.45) is 0 Å². The van der Waals surface area contributed by atoms with Crippen molar-refractivity contribution in [1.29, 1.82) is 0 Å². The predicted octanol–water partition coefficient (Wildman–Crippen LogP) is 4.43. The first-order valence-corrected chi connectivity index (χ1v) is 7.93. The van der Waals surface area contributed by atoms with Crippen LogP contribution in [-0.4, -0.2) is 4.57 Å². The molecule has 5 heteroatoms. The first-order chi connectivity index (χ1) is 10.2. The number of aromatic nitrogens is 1. The first-order valence-electron chi connectivity index (χ1n) is 7.11. The molecule has 3 nitrogen and oxygen atoms in total. The Morgan fingerprint density at radius 3 is 2.68 bits per heavy atom. The van der Waals surface area contributed by atoms with E-state index in [4.69, 9.17) is 0 Å². The van der Waals surface area contributed by atoms with Crippen LogP contribution in [-0.2, 0) is 13.1 Å². The van der Waals surface area contributed by atoms with Crippen molar-refractivity contribution < 1.29 is 0 Å². The Hall–Kier alpha value is -1.78. The number of nitrogens with one attached hydrogen (secondary N) is 1. The molecule has 0 bridgehead atoms. The number of rotatable bonds is 4. The van der Waals surface area contributed by atoms with Gasteiger partial charge in [-0.3, -0.25) is 9.36 Å². The molecule has 22 heavy (non-hydrogen) atoms. The summed E-state index contributed by atoms with van der Waals surface area (Å²) in [4.78, 5) is 12.2. The van der Waals surface area contributed by atoms with Crippen molar-refractivity contribution >= 4 is 39.6 Å². The van der Waals surface area contributed by atoms with E-state index in [9.17, 15) is 4.79 Å². The van der Waals surface area contributed by atoms with Crippen LogP contribution in [0.15, 0.2) is 47.3 Å². The quantitative estimate of drug-likeness (QED) is 0.766. The second-order valence-corrected chi connectivity index (χ2v) is 6.05. The summed E-state index contributed by atoms with van der Waals surface area (Å²) in [6, 6.07) is 14.2. The van der Waals surface area contributed by atoms with Crippen molar-refractivity contribution in [2.45, 2.75) is 26.9 Å². The molecule has 116 valence electrons. The second-order valence-electron chi connectivity index (χ2n) is 5.06. The fourth-order valence-corrected chi connectivity index (χ4v) is 3.49. The number of nitrogens with zero attached hydrogens (tertiary/aromatic N) is 1. The molecule has 0 fully saturated rings. The van der Waals surface area contributed by atoms with E-state index in [-0.39, 0.29) is 17.3 Å². The van der Waals surface area contributed by atoms with Crippen molar-refractivity contribution in [3.8, 4) is 0 Å². The molecule has 1 heterocycles. The van der Waals surface area contributed by atoms with Crippen LogP contribution in [0.3, 0.4) is 0 Å². The average Bonchev–Trinajstić information content (AvgIpc) is 2.81. The summed E-state index contributed by atoms with van der Waals surface area (Å²) >= 11 is 1.30. The molecule has 1 aromatic heterocycles. The van der Waals surface area contributed by atoms with Crippen molar-refractivity contribution in [3.63, 3.8) is 0 Å². The Morgan fingerprint density at radius 2 is 1.91 bits per heavy atom. The molecule has 0 aliphatic carbocycles. The van der Waals surface area contributed by atoms with Gasteiger partial charge in [-0.15, -0.1) is 12.4 Å². The van der Waals surface area contributed by atoms with Crippen LogP contribution in [0.4, 0.5) is 5.69 Å². The van der Waals surface area contributed by atoms with Crippen LogP contribution in [0.2, 0.25) is 0 Å². The third-order valence-corrected chi connectivity index (χ3v) is 4.69. The molecule has 0 unspecified atom stereocenters. The number of hydrogen-bond donors (Lipinski definition) is 1. The lowest BCUT2D eigenvalue weighted by molar-refractivity contribution is 0.788. The lowest BCUT2D eigenvalue weighted by Crippen LogP contribution is -2.19. The largest absolute Gasteiger partial charge is 0.367 e. The SMILES string of the molecule is CCc1cccc(C)c1NCn1c(=O)sc2ccccc21.Cl. The maximum Gasteiger partial charge on any atom is 0.309 e. The number of thiazole rings is 1. The van der Waals surface area contributed by atoms with Gasteiger partial charge in [-0.1, -0.05) is 48.6 Å². The summed E-state index contributed by atoms with van der Waals surface area (Å²) in [6.45, 7) is 4.74. The van der Waals surface area contributed by atoms with Crippen molar-refractivity contribution in [1.82, 2.24) is 4.57 Å². The number of hydrogen-bond acceptors (Lipinski definition) is 3. The number of benzene rings is 2. The second kappa shape index (κ2) is 6.99. The molecular formula is C17H19ClN2OS. The minimum atomic E-state index is 0. The van der Waals surface area contributed by atoms with Gasteiger partial charge in [0.2, 0.25) is 0 Å². The van der Waals surface area contributed by atoms with Crippen LogP contribution in [0.1, 0.15) is 18.1 Å². The first kappa shape index (κ1) is 16.6. The molecule has 0 atom stereocenters. The molecule has 0 amide bonds. The van der Waals surface area contributed by atoms with Crippen LogP contribution in [0.25, 0.3) is 10.2 Å². The molecule has 3 aromatic rings. The Kier molecular flexibility index (Phi) is 5.27. The fraction of sp³-hybridized carbons (Fsp3) is 0.235. The zero-order valence-corrected chi connectivity index (χ0v) is 14.3. The number of anilines is 1. The topological polar surface area (TPSA) is 34.0 Å². The standard InChI is InChI=1S/C17H18N2OS.ClH/c1-3-13-8-6-7-12(2)16(13)18-11-19-14-9-4-5-10-15(14)21-17(19)20;/h4-10,18H,3,11H2,1-2H3;1H. The molecule has 0 aliphatic rings. The highest BCUT2D eigenvalue weighted by atomic mass is 35.5. The maximum atomic E-state index is 12.1. The van der Waals surface area contributed by atoms with E-state index < -0.39 is 0 Å². The van der Waals surface area contributed by atoms with Gasteiger partial charge in [-0.2, -0.15) is 0 Å². The molecule has 0 spiro atoms. The van der Waals surface area contributed by atoms with Crippen LogP contribution in [0, 0.1) is 6.92 Å². The molecule has 2 aromatic carbocycles. The third kappa shape index (κ3) is 3.03. The third-order valence-electron chi connectivity index (χ3n) is 3.73. The van der Waals surface area contributed by atoms with Gasteiger partial charge in [0.05, 0.1) is 16.9 Å². The lowest BCUT2D eigenvalue weighted by Gasteiger charge is -2.14. The van der Waals surface area contributed by atoms with Gasteiger partial charge in [0.15, 0.2) is 0 Å². The van der Waals surface area contributed by atoms with Crippen LogP contribution < -0.4 is 10.2 Å². The summed E-state index contributed by atoms with van der Waals surface area (Å²) in [5.41, 5.74) is 4.62. The summed E-state index contributed by atoms with van der Waals surface area (Å²) in [5.74, 6) is 0. The summed E-state index contributed by atoms with van der Waals surface area (Å²) in [5, 5.41) is 3.44. The minimum Gasteiger partial charge on any atom is -0.367 e. The zero-order valence-electron chi connectivity index (χ0n) is 12.6. The fourth-order valence-electron chi connectivity index (χ4n) is 2.60. The lowest BCUT2D eigenvalue weighted by atomic mass is 10.1. The Balaban J connectivity index is 0.00000176. The van der Waals surface area contributed by atoms with Crippen molar-refractivity contribution in [2.75, 3.05) is 5.32 Å². The molecule has 0 aliphatic heterocycles. The van der Waals surface area contributed by atoms with Gasteiger partial charge >= 0.3 is 4.87 Å². The van der Waals surface area contributed by atoms with Crippen LogP contribution in [0.5, 0.6) is 0 Å². The van der Waals surface area contributed by atoms with E-state index in [1.54, 1.807) is 4.57 Å². The van der Waals surface area contributed by atoms with E-state index in [1.165, 1.54) is 22.5 Å². The number of para-hydroxylation sites is 2.